The molecule has 0 radical (unpaired) electrons. The molecule has 3 aromatic rings. The van der Waals surface area contributed by atoms with Gasteiger partial charge in [0.25, 0.3) is 5.56 Å². The van der Waals surface area contributed by atoms with Crippen molar-refractivity contribution in [1.29, 1.82) is 0 Å². The summed E-state index contributed by atoms with van der Waals surface area (Å²) < 4.78 is 1.71. The number of rotatable bonds is 8. The van der Waals surface area contributed by atoms with Crippen molar-refractivity contribution in [2.75, 3.05) is 16.4 Å². The molecular formula is C25H26N4O3S2. The number of carbonyl (C=O) groups excluding carboxylic acids is 2. The lowest BCUT2D eigenvalue weighted by molar-refractivity contribution is -0.114. The Morgan fingerprint density at radius 2 is 1.76 bits per heavy atom. The van der Waals surface area contributed by atoms with Gasteiger partial charge in [-0.05, 0) is 36.2 Å². The van der Waals surface area contributed by atoms with Crippen LogP contribution < -0.4 is 16.2 Å². The molecule has 176 valence electrons. The third kappa shape index (κ3) is 6.09. The number of hydrogen-bond donors (Lipinski definition) is 2. The van der Waals surface area contributed by atoms with Crippen molar-refractivity contribution < 1.29 is 9.59 Å². The first-order valence-corrected chi connectivity index (χ1v) is 12.9. The monoisotopic (exact) mass is 494 g/mol. The lowest BCUT2D eigenvalue weighted by Gasteiger charge is -2.14. The Labute approximate surface area is 206 Å². The van der Waals surface area contributed by atoms with E-state index in [9.17, 15) is 14.4 Å². The minimum Gasteiger partial charge on any atom is -0.326 e. The van der Waals surface area contributed by atoms with Crippen molar-refractivity contribution in [1.82, 2.24) is 9.55 Å². The lowest BCUT2D eigenvalue weighted by atomic mass is 10.1. The zero-order valence-electron chi connectivity index (χ0n) is 19.0. The molecule has 2 heterocycles. The van der Waals surface area contributed by atoms with E-state index in [1.54, 1.807) is 40.6 Å². The number of nitrogens with one attached hydrogen (secondary N) is 2. The smallest absolute Gasteiger partial charge is 0.268 e. The Balaban J connectivity index is 1.46. The molecule has 2 N–H and O–H groups in total. The van der Waals surface area contributed by atoms with E-state index in [4.69, 9.17) is 4.98 Å². The maximum absolute atomic E-state index is 13.3. The predicted octanol–water partition coefficient (Wildman–Crippen LogP) is 4.21. The van der Waals surface area contributed by atoms with Crippen LogP contribution >= 0.6 is 23.5 Å². The largest absolute Gasteiger partial charge is 0.326 e. The van der Waals surface area contributed by atoms with Gasteiger partial charge in [-0.25, -0.2) is 4.98 Å². The van der Waals surface area contributed by atoms with Gasteiger partial charge in [0.1, 0.15) is 0 Å². The molecule has 0 saturated heterocycles. The minimum atomic E-state index is -0.190. The third-order valence-electron chi connectivity index (χ3n) is 5.25. The van der Waals surface area contributed by atoms with E-state index in [0.717, 1.165) is 22.6 Å². The molecule has 0 spiro atoms. The van der Waals surface area contributed by atoms with Crippen molar-refractivity contribution in [2.45, 2.75) is 48.5 Å². The fraction of sp³-hybridized carbons (Fsp3) is 0.280. The summed E-state index contributed by atoms with van der Waals surface area (Å²) in [6, 6.07) is 16.9. The zero-order chi connectivity index (χ0) is 24.1. The van der Waals surface area contributed by atoms with E-state index in [0.29, 0.717) is 34.7 Å². The van der Waals surface area contributed by atoms with Crippen LogP contribution in [0.25, 0.3) is 0 Å². The highest BCUT2D eigenvalue weighted by molar-refractivity contribution is 8.00. The van der Waals surface area contributed by atoms with E-state index in [-0.39, 0.29) is 23.1 Å². The Hall–Kier alpha value is -3.04. The van der Waals surface area contributed by atoms with Crippen LogP contribution in [0.2, 0.25) is 0 Å². The number of benzene rings is 2. The number of carbonyl (C=O) groups is 2. The fourth-order valence-corrected chi connectivity index (χ4v) is 5.65. The van der Waals surface area contributed by atoms with Crippen LogP contribution in [0.4, 0.5) is 11.4 Å². The highest BCUT2D eigenvalue weighted by atomic mass is 32.2. The van der Waals surface area contributed by atoms with Crippen LogP contribution in [-0.4, -0.2) is 32.4 Å². The molecule has 1 aromatic heterocycles. The maximum atomic E-state index is 13.3. The second-order valence-corrected chi connectivity index (χ2v) is 10.5. The Morgan fingerprint density at radius 3 is 2.44 bits per heavy atom. The highest BCUT2D eigenvalue weighted by Crippen LogP contribution is 2.34. The molecule has 0 fully saturated rings. The number of aromatic nitrogens is 2. The second-order valence-electron chi connectivity index (χ2n) is 8.09. The first-order valence-electron chi connectivity index (χ1n) is 11.0. The van der Waals surface area contributed by atoms with Gasteiger partial charge < -0.3 is 10.6 Å². The van der Waals surface area contributed by atoms with Crippen molar-refractivity contribution >= 4 is 46.7 Å². The van der Waals surface area contributed by atoms with Gasteiger partial charge in [-0.2, -0.15) is 0 Å². The standard InChI is InChI=1S/C25H26N4O3S2/c1-16-14-21-23(34-16)24(32)29(13-12-18-6-4-3-5-7-18)25(28-21)33-15-22(31)27-20-10-8-19(9-11-20)26-17(2)30/h3-11,16H,12-15H2,1-2H3,(H,26,30)(H,27,31). The Morgan fingerprint density at radius 1 is 1.09 bits per heavy atom. The molecule has 2 aromatic carbocycles. The molecular weight excluding hydrogens is 468 g/mol. The number of amides is 2. The maximum Gasteiger partial charge on any atom is 0.268 e. The third-order valence-corrected chi connectivity index (χ3v) is 7.44. The molecule has 1 aliphatic heterocycles. The van der Waals surface area contributed by atoms with Crippen LogP contribution in [-0.2, 0) is 29.0 Å². The normalized spacial score (nSPS) is 14.5. The van der Waals surface area contributed by atoms with Crippen LogP contribution in [0, 0.1) is 0 Å². The second kappa shape index (κ2) is 10.9. The average molecular weight is 495 g/mol. The van der Waals surface area contributed by atoms with Crippen LogP contribution in [0.15, 0.2) is 69.4 Å². The van der Waals surface area contributed by atoms with Crippen LogP contribution in [0.5, 0.6) is 0 Å². The van der Waals surface area contributed by atoms with E-state index in [1.807, 2.05) is 30.3 Å². The summed E-state index contributed by atoms with van der Waals surface area (Å²) in [5.41, 5.74) is 3.25. The van der Waals surface area contributed by atoms with Gasteiger partial charge >= 0.3 is 0 Å². The molecule has 4 rings (SSSR count). The number of fused-ring (bicyclic) bond motifs is 1. The Kier molecular flexibility index (Phi) is 7.74. The molecule has 0 bridgehead atoms. The summed E-state index contributed by atoms with van der Waals surface area (Å²) in [5, 5.41) is 6.44. The van der Waals surface area contributed by atoms with Gasteiger partial charge in [0.2, 0.25) is 11.8 Å². The summed E-state index contributed by atoms with van der Waals surface area (Å²) >= 11 is 2.86. The molecule has 0 aliphatic carbocycles. The van der Waals surface area contributed by atoms with E-state index >= 15 is 0 Å². The van der Waals surface area contributed by atoms with Crippen LogP contribution in [0.3, 0.4) is 0 Å². The van der Waals surface area contributed by atoms with Gasteiger partial charge in [0.15, 0.2) is 5.16 Å². The van der Waals surface area contributed by atoms with Gasteiger partial charge in [-0.3, -0.25) is 19.0 Å². The molecule has 1 aliphatic rings. The first-order chi connectivity index (χ1) is 16.4. The van der Waals surface area contributed by atoms with Gasteiger partial charge in [0.05, 0.1) is 16.3 Å². The number of nitrogens with zero attached hydrogens (tertiary/aromatic N) is 2. The van der Waals surface area contributed by atoms with Crippen molar-refractivity contribution in [2.24, 2.45) is 0 Å². The Bertz CT molecular complexity index is 1240. The lowest BCUT2D eigenvalue weighted by Crippen LogP contribution is -2.27. The number of hydrogen-bond acceptors (Lipinski definition) is 6. The summed E-state index contributed by atoms with van der Waals surface area (Å²) in [5.74, 6) is -0.210. The predicted molar refractivity (Wildman–Crippen MR) is 138 cm³/mol. The molecule has 34 heavy (non-hydrogen) atoms. The number of thioether (sulfide) groups is 2. The molecule has 0 saturated carbocycles. The summed E-state index contributed by atoms with van der Waals surface area (Å²) in [7, 11) is 0. The zero-order valence-corrected chi connectivity index (χ0v) is 20.7. The highest BCUT2D eigenvalue weighted by Gasteiger charge is 2.26. The summed E-state index contributed by atoms with van der Waals surface area (Å²) in [6.45, 7) is 4.04. The summed E-state index contributed by atoms with van der Waals surface area (Å²) in [6.07, 6.45) is 1.47. The van der Waals surface area contributed by atoms with Crippen molar-refractivity contribution in [3.05, 3.63) is 76.2 Å². The van der Waals surface area contributed by atoms with Crippen molar-refractivity contribution in [3.8, 4) is 0 Å². The van der Waals surface area contributed by atoms with Gasteiger partial charge in [-0.15, -0.1) is 11.8 Å². The van der Waals surface area contributed by atoms with Crippen LogP contribution in [0.1, 0.15) is 25.1 Å². The quantitative estimate of drug-likeness (QED) is 0.360. The SMILES string of the molecule is CC(=O)Nc1ccc(NC(=O)CSc2nc3c(c(=O)n2CCc2ccccc2)SC(C)C3)cc1. The van der Waals surface area contributed by atoms with E-state index < -0.39 is 0 Å². The molecule has 1 atom stereocenters. The van der Waals surface area contributed by atoms with E-state index in [2.05, 4.69) is 17.6 Å². The molecule has 7 nitrogen and oxygen atoms in total. The van der Waals surface area contributed by atoms with E-state index in [1.165, 1.54) is 18.7 Å². The number of aryl methyl sites for hydroxylation is 1. The molecule has 9 heteroatoms. The average Bonchev–Trinajstić information content (AvgIpc) is 3.19. The van der Waals surface area contributed by atoms with Gasteiger partial charge in [-0.1, -0.05) is 49.0 Å². The fourth-order valence-electron chi connectivity index (χ4n) is 3.69. The number of anilines is 2. The molecule has 2 amide bonds. The summed E-state index contributed by atoms with van der Waals surface area (Å²) in [4.78, 5) is 42.5. The first kappa shape index (κ1) is 24.1. The minimum absolute atomic E-state index is 0.0215. The molecule has 1 unspecified atom stereocenters. The van der Waals surface area contributed by atoms with Gasteiger partial charge in [0, 0.05) is 36.5 Å². The topological polar surface area (TPSA) is 93.1 Å². The van der Waals surface area contributed by atoms with Crippen molar-refractivity contribution in [3.63, 3.8) is 0 Å².